The molecule has 10 heteroatoms. The van der Waals surface area contributed by atoms with Crippen molar-refractivity contribution in [2.75, 3.05) is 6.61 Å². The molecule has 27 heavy (non-hydrogen) atoms. The van der Waals surface area contributed by atoms with Crippen molar-refractivity contribution in [1.29, 1.82) is 0 Å². The third-order valence-electron chi connectivity index (χ3n) is 2.84. The first-order valence-electron chi connectivity index (χ1n) is 8.69. The second-order valence-electron chi connectivity index (χ2n) is 5.70. The zero-order chi connectivity index (χ0) is 21.7. The molecule has 0 spiro atoms. The Labute approximate surface area is 158 Å². The summed E-state index contributed by atoms with van der Waals surface area (Å²) in [6.45, 7) is 1.90. The molecule has 1 atom stereocenters. The molecule has 0 heterocycles. The fourth-order valence-electron chi connectivity index (χ4n) is 1.49. The SMILES string of the molecule is CC(O)CCCO.O=C(O)CCCCC(=O)O.O=C(O)CCCCC(=O)O. The molecule has 10 nitrogen and oxygen atoms in total. The predicted octanol–water partition coefficient (Wildman–Crippen LogP) is 1.57. The predicted molar refractivity (Wildman–Crippen MR) is 95.5 cm³/mol. The lowest BCUT2D eigenvalue weighted by Gasteiger charge is -1.98. The lowest BCUT2D eigenvalue weighted by atomic mass is 10.2. The smallest absolute Gasteiger partial charge is 0.303 e. The van der Waals surface area contributed by atoms with Crippen molar-refractivity contribution >= 4 is 23.9 Å². The Morgan fingerprint density at radius 2 is 0.889 bits per heavy atom. The Bertz CT molecular complexity index is 343. The molecule has 6 N–H and O–H groups in total. The number of hydrogen-bond acceptors (Lipinski definition) is 6. The van der Waals surface area contributed by atoms with Crippen LogP contribution in [0.5, 0.6) is 0 Å². The lowest BCUT2D eigenvalue weighted by Crippen LogP contribution is -1.99. The molecule has 0 aliphatic carbocycles. The van der Waals surface area contributed by atoms with Crippen LogP contribution >= 0.6 is 0 Å². The van der Waals surface area contributed by atoms with E-state index in [2.05, 4.69) is 0 Å². The van der Waals surface area contributed by atoms with Gasteiger partial charge in [0.25, 0.3) is 0 Å². The van der Waals surface area contributed by atoms with Crippen LogP contribution in [0.2, 0.25) is 0 Å². The van der Waals surface area contributed by atoms with Gasteiger partial charge in [-0.15, -0.1) is 0 Å². The van der Waals surface area contributed by atoms with Crippen molar-refractivity contribution in [3.63, 3.8) is 0 Å². The van der Waals surface area contributed by atoms with Crippen LogP contribution in [-0.4, -0.2) is 67.2 Å². The molecular weight excluding hydrogens is 364 g/mol. The summed E-state index contributed by atoms with van der Waals surface area (Å²) in [5.74, 6) is -3.48. The quantitative estimate of drug-likeness (QED) is 0.249. The summed E-state index contributed by atoms with van der Waals surface area (Å²) in [7, 11) is 0. The van der Waals surface area contributed by atoms with Gasteiger partial charge < -0.3 is 30.6 Å². The van der Waals surface area contributed by atoms with Crippen molar-refractivity contribution in [3.8, 4) is 0 Å². The van der Waals surface area contributed by atoms with Gasteiger partial charge in [0.05, 0.1) is 6.10 Å². The summed E-state index contributed by atoms with van der Waals surface area (Å²) in [5, 5.41) is 49.3. The molecular formula is C17H32O10. The van der Waals surface area contributed by atoms with Crippen LogP contribution in [0.15, 0.2) is 0 Å². The molecule has 0 saturated carbocycles. The van der Waals surface area contributed by atoms with Crippen molar-refractivity contribution in [2.24, 2.45) is 0 Å². The summed E-state index contributed by atoms with van der Waals surface area (Å²) in [5.41, 5.74) is 0. The molecule has 1 unspecified atom stereocenters. The minimum absolute atomic E-state index is 0.0628. The summed E-state index contributed by atoms with van der Waals surface area (Å²) < 4.78 is 0. The monoisotopic (exact) mass is 396 g/mol. The highest BCUT2D eigenvalue weighted by atomic mass is 16.4. The lowest BCUT2D eigenvalue weighted by molar-refractivity contribution is -0.139. The van der Waals surface area contributed by atoms with E-state index in [4.69, 9.17) is 30.6 Å². The number of carboxylic acids is 4. The van der Waals surface area contributed by atoms with Gasteiger partial charge in [-0.3, -0.25) is 19.2 Å². The number of aliphatic hydroxyl groups is 2. The standard InChI is InChI=1S/2C6H10O4.C5H12O2/c2*7-5(8)3-1-2-4-6(9)10;1-5(7)3-2-4-6/h2*1-4H2,(H,7,8)(H,9,10);5-7H,2-4H2,1H3. The van der Waals surface area contributed by atoms with Crippen LogP contribution < -0.4 is 0 Å². The fraction of sp³-hybridized carbons (Fsp3) is 0.765. The van der Waals surface area contributed by atoms with Gasteiger partial charge in [0.15, 0.2) is 0 Å². The van der Waals surface area contributed by atoms with E-state index in [-0.39, 0.29) is 38.4 Å². The molecule has 0 aliphatic rings. The van der Waals surface area contributed by atoms with Crippen molar-refractivity contribution in [2.45, 2.75) is 77.2 Å². The first kappa shape index (κ1) is 29.6. The maximum atomic E-state index is 9.90. The third-order valence-corrected chi connectivity index (χ3v) is 2.84. The van der Waals surface area contributed by atoms with Crippen LogP contribution in [0.4, 0.5) is 0 Å². The third kappa shape index (κ3) is 45.3. The van der Waals surface area contributed by atoms with Crippen LogP contribution in [0.25, 0.3) is 0 Å². The van der Waals surface area contributed by atoms with Crippen molar-refractivity contribution < 1.29 is 49.8 Å². The summed E-state index contributed by atoms with van der Waals surface area (Å²) in [6.07, 6.45) is 3.19. The zero-order valence-corrected chi connectivity index (χ0v) is 15.7. The maximum absolute atomic E-state index is 9.90. The summed E-state index contributed by atoms with van der Waals surface area (Å²) >= 11 is 0. The van der Waals surface area contributed by atoms with Crippen LogP contribution in [0.1, 0.15) is 71.1 Å². The highest BCUT2D eigenvalue weighted by molar-refractivity contribution is 5.68. The molecule has 0 amide bonds. The van der Waals surface area contributed by atoms with Crippen molar-refractivity contribution in [3.05, 3.63) is 0 Å². The first-order chi connectivity index (χ1) is 12.5. The van der Waals surface area contributed by atoms with Gasteiger partial charge in [0.1, 0.15) is 0 Å². The molecule has 0 aromatic carbocycles. The Kier molecular flexibility index (Phi) is 23.9. The maximum Gasteiger partial charge on any atom is 0.303 e. The minimum atomic E-state index is -0.870. The van der Waals surface area contributed by atoms with Gasteiger partial charge >= 0.3 is 23.9 Å². The van der Waals surface area contributed by atoms with Crippen LogP contribution in [0.3, 0.4) is 0 Å². The number of hydrogen-bond donors (Lipinski definition) is 6. The highest BCUT2D eigenvalue weighted by Gasteiger charge is 1.99. The number of carboxylic acid groups (broad SMARTS) is 4. The van der Waals surface area contributed by atoms with Crippen LogP contribution in [0, 0.1) is 0 Å². The number of aliphatic carboxylic acids is 4. The Hall–Kier alpha value is -2.20. The molecule has 0 saturated heterocycles. The number of aliphatic hydroxyl groups excluding tert-OH is 2. The molecule has 0 bridgehead atoms. The van der Waals surface area contributed by atoms with E-state index in [1.54, 1.807) is 6.92 Å². The van der Waals surface area contributed by atoms with Gasteiger partial charge in [0.2, 0.25) is 0 Å². The number of rotatable bonds is 13. The molecule has 0 radical (unpaired) electrons. The van der Waals surface area contributed by atoms with E-state index >= 15 is 0 Å². The molecule has 0 rings (SSSR count). The van der Waals surface area contributed by atoms with E-state index < -0.39 is 23.9 Å². The van der Waals surface area contributed by atoms with E-state index in [9.17, 15) is 19.2 Å². The normalized spacial score (nSPS) is 10.5. The highest BCUT2D eigenvalue weighted by Crippen LogP contribution is 1.99. The van der Waals surface area contributed by atoms with E-state index in [1.165, 1.54) is 0 Å². The van der Waals surface area contributed by atoms with E-state index in [1.807, 2.05) is 0 Å². The summed E-state index contributed by atoms with van der Waals surface area (Å²) in [6, 6.07) is 0. The average Bonchev–Trinajstić information content (AvgIpc) is 2.54. The van der Waals surface area contributed by atoms with E-state index in [0.717, 1.165) is 0 Å². The van der Waals surface area contributed by atoms with E-state index in [0.29, 0.717) is 38.5 Å². The largest absolute Gasteiger partial charge is 0.481 e. The summed E-state index contributed by atoms with van der Waals surface area (Å²) in [4.78, 5) is 39.6. The fourth-order valence-corrected chi connectivity index (χ4v) is 1.49. The van der Waals surface area contributed by atoms with Gasteiger partial charge in [-0.1, -0.05) is 0 Å². The first-order valence-corrected chi connectivity index (χ1v) is 8.69. The van der Waals surface area contributed by atoms with Gasteiger partial charge in [-0.05, 0) is 45.4 Å². The Morgan fingerprint density at radius 1 is 0.630 bits per heavy atom. The van der Waals surface area contributed by atoms with Crippen molar-refractivity contribution in [1.82, 2.24) is 0 Å². The Balaban J connectivity index is -0.000000326. The molecule has 0 aromatic heterocycles. The number of unbranched alkanes of at least 4 members (excludes halogenated alkanes) is 2. The second-order valence-corrected chi connectivity index (χ2v) is 5.70. The molecule has 160 valence electrons. The second kappa shape index (κ2) is 21.8. The van der Waals surface area contributed by atoms with Crippen LogP contribution in [-0.2, 0) is 19.2 Å². The number of carbonyl (C=O) groups is 4. The Morgan fingerprint density at radius 3 is 1.00 bits per heavy atom. The zero-order valence-electron chi connectivity index (χ0n) is 15.7. The average molecular weight is 396 g/mol. The van der Waals surface area contributed by atoms with Gasteiger partial charge in [-0.2, -0.15) is 0 Å². The van der Waals surface area contributed by atoms with Gasteiger partial charge in [-0.25, -0.2) is 0 Å². The van der Waals surface area contributed by atoms with Gasteiger partial charge in [0, 0.05) is 32.3 Å². The molecule has 0 aromatic rings. The molecule has 0 aliphatic heterocycles. The topological polar surface area (TPSA) is 190 Å². The molecule has 0 fully saturated rings. The minimum Gasteiger partial charge on any atom is -0.481 e.